The monoisotopic (exact) mass is 1580 g/mol. The van der Waals surface area contributed by atoms with Crippen LogP contribution >= 0.6 is 0 Å². The van der Waals surface area contributed by atoms with Gasteiger partial charge in [-0.25, -0.2) is 0 Å². The summed E-state index contributed by atoms with van der Waals surface area (Å²) in [5, 5.41) is 21.2. The third kappa shape index (κ3) is 15.7. The van der Waals surface area contributed by atoms with Gasteiger partial charge < -0.3 is 19.6 Å². The zero-order chi connectivity index (χ0) is 82.7. The molecule has 0 heterocycles. The molecule has 588 valence electrons. The Morgan fingerprint density at radius 3 is 0.595 bits per heavy atom. The minimum absolute atomic E-state index is 0.0497. The number of para-hydroxylation sites is 2. The molecule has 0 aromatic heterocycles. The predicted molar refractivity (Wildman–Crippen MR) is 526 cm³/mol. The van der Waals surface area contributed by atoms with Crippen LogP contribution in [0.25, 0.3) is 64.6 Å². The van der Waals surface area contributed by atoms with Gasteiger partial charge in [-0.1, -0.05) is 364 Å². The molecule has 0 bridgehead atoms. The normalized spacial score (nSPS) is 12.8. The van der Waals surface area contributed by atoms with E-state index >= 15 is 0 Å². The fourth-order valence-corrected chi connectivity index (χ4v) is 21.9. The minimum atomic E-state index is -1.49. The summed E-state index contributed by atoms with van der Waals surface area (Å²) in [7, 11) is -5.93. The molecule has 0 aliphatic heterocycles. The summed E-state index contributed by atoms with van der Waals surface area (Å²) < 4.78 is 0. The number of rotatable bonds is 16. The number of nitrogens with zero attached hydrogens (tertiary/aromatic N) is 4. The van der Waals surface area contributed by atoms with Crippen molar-refractivity contribution in [3.8, 4) is 0 Å². The first kappa shape index (κ1) is 80.8. The lowest BCUT2D eigenvalue weighted by Crippen LogP contribution is -2.37. The number of hydrogen-bond acceptors (Lipinski definition) is 4. The van der Waals surface area contributed by atoms with Crippen LogP contribution < -0.4 is 40.3 Å². The van der Waals surface area contributed by atoms with Crippen LogP contribution in [0.15, 0.2) is 291 Å². The van der Waals surface area contributed by atoms with Crippen molar-refractivity contribution in [2.45, 2.75) is 183 Å². The Balaban J connectivity index is 0.000000182. The molecule has 0 unspecified atom stereocenters. The molecule has 0 N–H and O–H groups in total. The molecule has 0 atom stereocenters. The molecular formula is C108H120N4Si4. The smallest absolute Gasteiger partial charge is 0.0775 e. The SMILES string of the molecule is CC(C)(C)c1ccc(N(c2ccc([Si](C)(C)C)cc2)c2ccc3ccc4c(N(c5ccc(C(C)(C)C)cc5)c5ccc([Si](C)(C)C)cc5)ccc5ccc2c3c54)cc1.CC(C)(C)c1ccccc1N(c1ccc([Si](C)(C)C)cc1)c1ccc2ccc3c(N(c4ccc([Si](C)(C)C)cc4)c4ccccc4C(C)(C)C)ccc4ccc1c2c43. The van der Waals surface area contributed by atoms with Crippen LogP contribution in [0.4, 0.5) is 68.2 Å². The molecule has 0 saturated heterocycles. The first-order valence-corrected chi connectivity index (χ1v) is 56.1. The highest BCUT2D eigenvalue weighted by Crippen LogP contribution is 2.52. The van der Waals surface area contributed by atoms with Crippen molar-refractivity contribution in [1.29, 1.82) is 0 Å². The average Bonchev–Trinajstić information content (AvgIpc) is 0.721. The zero-order valence-electron chi connectivity index (χ0n) is 73.5. The first-order chi connectivity index (χ1) is 54.6. The summed E-state index contributed by atoms with van der Waals surface area (Å²) in [5.74, 6) is 0. The maximum atomic E-state index is 2.52. The van der Waals surface area contributed by atoms with Crippen LogP contribution in [-0.4, -0.2) is 32.3 Å². The molecule has 116 heavy (non-hydrogen) atoms. The van der Waals surface area contributed by atoms with E-state index in [4.69, 9.17) is 0 Å². The Morgan fingerprint density at radius 2 is 0.379 bits per heavy atom. The minimum Gasteiger partial charge on any atom is -0.310 e. The highest BCUT2D eigenvalue weighted by Gasteiger charge is 2.32. The lowest BCUT2D eigenvalue weighted by Gasteiger charge is -2.34. The molecule has 0 radical (unpaired) electrons. The molecular weight excluding hydrogens is 1470 g/mol. The molecule has 0 aliphatic carbocycles. The number of benzene rings is 16. The van der Waals surface area contributed by atoms with Crippen LogP contribution in [0, 0.1) is 0 Å². The van der Waals surface area contributed by atoms with E-state index in [0.29, 0.717) is 0 Å². The van der Waals surface area contributed by atoms with E-state index in [0.717, 1.165) is 11.4 Å². The van der Waals surface area contributed by atoms with Crippen molar-refractivity contribution in [2.24, 2.45) is 0 Å². The second kappa shape index (κ2) is 30.0. The fourth-order valence-electron chi connectivity index (χ4n) is 17.3. The van der Waals surface area contributed by atoms with Gasteiger partial charge in [-0.2, -0.15) is 0 Å². The summed E-state index contributed by atoms with van der Waals surface area (Å²) in [6.45, 7) is 56.8. The lowest BCUT2D eigenvalue weighted by atomic mass is 9.84. The first-order valence-electron chi connectivity index (χ1n) is 42.1. The van der Waals surface area contributed by atoms with Crippen molar-refractivity contribution in [1.82, 2.24) is 0 Å². The summed E-state index contributed by atoms with van der Waals surface area (Å²) in [6, 6.07) is 112. The van der Waals surface area contributed by atoms with Gasteiger partial charge in [0.2, 0.25) is 0 Å². The van der Waals surface area contributed by atoms with E-state index in [9.17, 15) is 0 Å². The van der Waals surface area contributed by atoms with Gasteiger partial charge in [-0.3, -0.25) is 0 Å². The molecule has 16 aromatic rings. The van der Waals surface area contributed by atoms with Crippen molar-refractivity contribution in [2.75, 3.05) is 19.6 Å². The topological polar surface area (TPSA) is 13.0 Å². The fraction of sp³-hybridized carbons (Fsp3) is 0.259. The molecule has 0 spiro atoms. The molecule has 16 aromatic carbocycles. The average molecular weight is 1590 g/mol. The molecule has 8 heteroatoms. The largest absolute Gasteiger partial charge is 0.310 e. The van der Waals surface area contributed by atoms with Crippen molar-refractivity contribution in [3.05, 3.63) is 313 Å². The molecule has 0 aliphatic rings. The maximum absolute atomic E-state index is 2.52. The summed E-state index contributed by atoms with van der Waals surface area (Å²) >= 11 is 0. The Labute approximate surface area is 697 Å². The van der Waals surface area contributed by atoms with Gasteiger partial charge in [0.05, 0.1) is 55.0 Å². The van der Waals surface area contributed by atoms with E-state index in [1.807, 2.05) is 0 Å². The summed E-state index contributed by atoms with van der Waals surface area (Å²) in [6.07, 6.45) is 0. The van der Waals surface area contributed by atoms with Crippen LogP contribution in [0.1, 0.15) is 105 Å². The van der Waals surface area contributed by atoms with Crippen LogP contribution in [-0.2, 0) is 21.7 Å². The second-order valence-corrected chi connectivity index (χ2v) is 61.2. The van der Waals surface area contributed by atoms with Crippen molar-refractivity contribution < 1.29 is 0 Å². The Kier molecular flexibility index (Phi) is 20.9. The molecule has 0 saturated carbocycles. The van der Waals surface area contributed by atoms with E-state index in [1.165, 1.54) is 165 Å². The van der Waals surface area contributed by atoms with E-state index in [1.54, 1.807) is 0 Å². The zero-order valence-corrected chi connectivity index (χ0v) is 77.5. The Bertz CT molecular complexity index is 5750. The van der Waals surface area contributed by atoms with Gasteiger partial charge in [-0.15, -0.1) is 0 Å². The Morgan fingerprint density at radius 1 is 0.181 bits per heavy atom. The van der Waals surface area contributed by atoms with Crippen molar-refractivity contribution >= 4 is 186 Å². The number of hydrogen-bond donors (Lipinski definition) is 0. The highest BCUT2D eigenvalue weighted by atomic mass is 28.3. The second-order valence-electron chi connectivity index (χ2n) is 40.8. The van der Waals surface area contributed by atoms with Crippen LogP contribution in [0.3, 0.4) is 0 Å². The number of anilines is 12. The summed E-state index contributed by atoms with van der Waals surface area (Å²) in [4.78, 5) is 9.98. The third-order valence-corrected chi connectivity index (χ3v) is 32.3. The molecule has 4 nitrogen and oxygen atoms in total. The van der Waals surface area contributed by atoms with Gasteiger partial charge >= 0.3 is 0 Å². The third-order valence-electron chi connectivity index (χ3n) is 24.1. The predicted octanol–water partition coefficient (Wildman–Crippen LogP) is 30.4. The lowest BCUT2D eigenvalue weighted by molar-refractivity contribution is 0.590. The highest BCUT2D eigenvalue weighted by molar-refractivity contribution is 6.90. The Hall–Kier alpha value is -10.3. The van der Waals surface area contributed by atoms with Crippen LogP contribution in [0.2, 0.25) is 78.6 Å². The standard InChI is InChI=1S/2C54H60N2Si2/c1-53(2,3)39-17-21-41(22-18-39)55(43-25-29-45(30-26-43)57(7,8)9)49-35-15-37-14-34-48-50(36-16-38-13-33-47(49)51(37)52(38)48)56(42-23-19-40(20-24-42)54(4,5)6)44-27-31-46(32-28-44)58(10,11)12;1-53(2,3)45-17-13-15-19-49(45)55(39-25-29-41(30-26-39)57(7,8)9)47-35-23-37-22-34-44-48(36-24-38-21-33-43(47)51(37)52(38)44)56(40-27-31-42(32-28-40)58(10,11)12)50-20-16-14-18-46(50)54(4,5)6/h2*13-36H,1-12H3. The van der Waals surface area contributed by atoms with Gasteiger partial charge in [0.25, 0.3) is 0 Å². The van der Waals surface area contributed by atoms with E-state index < -0.39 is 32.3 Å². The van der Waals surface area contributed by atoms with E-state index in [-0.39, 0.29) is 21.7 Å². The molecule has 0 amide bonds. The quantitative estimate of drug-likeness (QED) is 0.0706. The van der Waals surface area contributed by atoms with Gasteiger partial charge in [-0.05, 0) is 196 Å². The van der Waals surface area contributed by atoms with Crippen molar-refractivity contribution in [3.63, 3.8) is 0 Å². The van der Waals surface area contributed by atoms with Gasteiger partial charge in [0, 0.05) is 67.0 Å². The molecule has 16 rings (SSSR count). The van der Waals surface area contributed by atoms with Gasteiger partial charge in [0.1, 0.15) is 0 Å². The van der Waals surface area contributed by atoms with Gasteiger partial charge in [0.15, 0.2) is 0 Å². The summed E-state index contributed by atoms with van der Waals surface area (Å²) in [5.41, 5.74) is 19.6. The van der Waals surface area contributed by atoms with E-state index in [2.05, 4.69) is 472 Å². The maximum Gasteiger partial charge on any atom is 0.0775 e. The molecule has 0 fully saturated rings. The van der Waals surface area contributed by atoms with Crippen LogP contribution in [0.5, 0.6) is 0 Å².